The number of halogens is 2. The molecule has 0 aromatic rings. The first-order chi connectivity index (χ1) is 22.3. The summed E-state index contributed by atoms with van der Waals surface area (Å²) in [5, 5.41) is 2.33. The molecule has 0 saturated carbocycles. The fraction of sp³-hybridized carbons (Fsp3) is 0.900. The summed E-state index contributed by atoms with van der Waals surface area (Å²) in [7, 11) is 0. The monoisotopic (exact) mass is 762 g/mol. The lowest BCUT2D eigenvalue weighted by Crippen LogP contribution is -2.27. The highest BCUT2D eigenvalue weighted by Gasteiger charge is 2.16. The van der Waals surface area contributed by atoms with Crippen LogP contribution >= 0.6 is 31.9 Å². The minimum Gasteiger partial charge on any atom is -0.353 e. The van der Waals surface area contributed by atoms with Gasteiger partial charge in [0.2, 0.25) is 0 Å². The van der Waals surface area contributed by atoms with Gasteiger partial charge < -0.3 is 14.2 Å². The Bertz CT molecular complexity index is 548. The van der Waals surface area contributed by atoms with Gasteiger partial charge in [0.15, 0.2) is 12.6 Å². The van der Waals surface area contributed by atoms with Crippen LogP contribution in [-0.2, 0) is 14.2 Å². The molecule has 0 aliphatic rings. The lowest BCUT2D eigenvalue weighted by Gasteiger charge is -2.24. The van der Waals surface area contributed by atoms with Crippen LogP contribution in [-0.4, -0.2) is 36.5 Å². The third kappa shape index (κ3) is 37.0. The summed E-state index contributed by atoms with van der Waals surface area (Å²) >= 11 is 7.04. The molecule has 268 valence electrons. The van der Waals surface area contributed by atoms with Crippen molar-refractivity contribution in [3.63, 3.8) is 0 Å². The van der Waals surface area contributed by atoms with Crippen LogP contribution in [0, 0.1) is 0 Å². The van der Waals surface area contributed by atoms with E-state index in [4.69, 9.17) is 14.2 Å². The Labute approximate surface area is 299 Å². The summed E-state index contributed by atoms with van der Waals surface area (Å²) in [4.78, 5) is 0. The molecule has 0 aromatic carbocycles. The van der Waals surface area contributed by atoms with Crippen molar-refractivity contribution in [1.82, 2.24) is 0 Å². The van der Waals surface area contributed by atoms with Crippen molar-refractivity contribution < 1.29 is 14.2 Å². The number of hydrogen-bond acceptors (Lipinski definition) is 3. The molecule has 0 spiro atoms. The van der Waals surface area contributed by atoms with E-state index in [0.29, 0.717) is 13.2 Å². The summed E-state index contributed by atoms with van der Waals surface area (Å²) < 4.78 is 18.1. The van der Waals surface area contributed by atoms with Gasteiger partial charge in [0.1, 0.15) is 0 Å². The van der Waals surface area contributed by atoms with Crippen molar-refractivity contribution in [3.05, 3.63) is 24.3 Å². The van der Waals surface area contributed by atoms with Crippen LogP contribution in [0.5, 0.6) is 0 Å². The molecule has 5 heteroatoms. The van der Waals surface area contributed by atoms with E-state index in [1.165, 1.54) is 154 Å². The van der Waals surface area contributed by atoms with Gasteiger partial charge in [-0.25, -0.2) is 0 Å². The normalized spacial score (nSPS) is 13.4. The van der Waals surface area contributed by atoms with Crippen molar-refractivity contribution in [2.45, 2.75) is 206 Å². The number of alkyl halides is 2. The fourth-order valence-corrected chi connectivity index (χ4v) is 6.55. The smallest absolute Gasteiger partial charge is 0.161 e. The summed E-state index contributed by atoms with van der Waals surface area (Å²) in [5.74, 6) is 0. The molecule has 0 saturated heterocycles. The van der Waals surface area contributed by atoms with Crippen LogP contribution in [0.4, 0.5) is 0 Å². The second-order valence-electron chi connectivity index (χ2n) is 12.7. The van der Waals surface area contributed by atoms with Crippen molar-refractivity contribution in [2.24, 2.45) is 0 Å². The largest absolute Gasteiger partial charge is 0.353 e. The van der Waals surface area contributed by atoms with Gasteiger partial charge in [0, 0.05) is 36.7 Å². The van der Waals surface area contributed by atoms with Gasteiger partial charge in [0.05, 0.1) is 0 Å². The van der Waals surface area contributed by atoms with Gasteiger partial charge in [0.25, 0.3) is 0 Å². The van der Waals surface area contributed by atoms with E-state index in [1.807, 2.05) is 13.8 Å². The van der Waals surface area contributed by atoms with Crippen LogP contribution in [0.15, 0.2) is 24.3 Å². The molecule has 0 aliphatic heterocycles. The topological polar surface area (TPSA) is 27.7 Å². The first-order valence-electron chi connectivity index (χ1n) is 19.6. The summed E-state index contributed by atoms with van der Waals surface area (Å²) in [6, 6.07) is 0. The van der Waals surface area contributed by atoms with E-state index in [9.17, 15) is 0 Å². The molecule has 0 N–H and O–H groups in total. The molecule has 3 nitrogen and oxygen atoms in total. The van der Waals surface area contributed by atoms with Crippen molar-refractivity contribution in [2.75, 3.05) is 23.9 Å². The summed E-state index contributed by atoms with van der Waals surface area (Å²) in [6.45, 7) is 5.43. The Balaban J connectivity index is 3.83. The molecule has 0 amide bonds. The zero-order valence-corrected chi connectivity index (χ0v) is 33.2. The molecule has 0 heterocycles. The maximum atomic E-state index is 6.26. The van der Waals surface area contributed by atoms with E-state index < -0.39 is 0 Å². The van der Waals surface area contributed by atoms with Crippen LogP contribution in [0.25, 0.3) is 0 Å². The van der Waals surface area contributed by atoms with E-state index in [2.05, 4.69) is 56.2 Å². The lowest BCUT2D eigenvalue weighted by atomic mass is 10.1. The molecule has 0 radical (unpaired) electrons. The van der Waals surface area contributed by atoms with Crippen LogP contribution in [0.1, 0.15) is 194 Å². The van der Waals surface area contributed by atoms with Crippen LogP contribution < -0.4 is 0 Å². The first kappa shape index (κ1) is 45.3. The summed E-state index contributed by atoms with van der Waals surface area (Å²) in [5.41, 5.74) is 0. The Morgan fingerprint density at radius 3 is 0.933 bits per heavy atom. The third-order valence-corrected chi connectivity index (χ3v) is 9.61. The maximum Gasteiger partial charge on any atom is 0.161 e. The van der Waals surface area contributed by atoms with Crippen molar-refractivity contribution in [1.29, 1.82) is 0 Å². The van der Waals surface area contributed by atoms with Crippen molar-refractivity contribution >= 4 is 31.9 Å². The lowest BCUT2D eigenvalue weighted by molar-refractivity contribution is -0.246. The van der Waals surface area contributed by atoms with E-state index >= 15 is 0 Å². The van der Waals surface area contributed by atoms with Crippen molar-refractivity contribution in [3.8, 4) is 0 Å². The van der Waals surface area contributed by atoms with Crippen LogP contribution in [0.3, 0.4) is 0 Å². The van der Waals surface area contributed by atoms with Crippen LogP contribution in [0.2, 0.25) is 0 Å². The van der Waals surface area contributed by atoms with Gasteiger partial charge in [-0.1, -0.05) is 172 Å². The molecular weight excluding hydrogens is 688 g/mol. The Morgan fingerprint density at radius 1 is 0.378 bits per heavy atom. The molecule has 45 heavy (non-hydrogen) atoms. The fourth-order valence-electron chi connectivity index (χ4n) is 5.75. The van der Waals surface area contributed by atoms with Gasteiger partial charge in [-0.15, -0.1) is 0 Å². The third-order valence-electron chi connectivity index (χ3n) is 8.49. The van der Waals surface area contributed by atoms with Gasteiger partial charge >= 0.3 is 0 Å². The highest BCUT2D eigenvalue weighted by Crippen LogP contribution is 2.16. The number of allylic oxidation sites excluding steroid dienone is 4. The first-order valence-corrected chi connectivity index (χ1v) is 21.8. The molecular formula is C40H76Br2O3. The number of unbranched alkanes of at least 4 members (excludes halogenated alkanes) is 22. The number of rotatable bonds is 38. The number of hydrogen-bond donors (Lipinski definition) is 0. The molecule has 2 atom stereocenters. The van der Waals surface area contributed by atoms with Gasteiger partial charge in [-0.3, -0.25) is 0 Å². The predicted octanol–water partition coefficient (Wildman–Crippen LogP) is 14.6. The predicted molar refractivity (Wildman–Crippen MR) is 207 cm³/mol. The zero-order valence-electron chi connectivity index (χ0n) is 30.1. The average molecular weight is 765 g/mol. The summed E-state index contributed by atoms with van der Waals surface area (Å²) in [6.07, 6.45) is 45.8. The zero-order chi connectivity index (χ0) is 32.7. The van der Waals surface area contributed by atoms with E-state index in [0.717, 1.165) is 36.3 Å². The SMILES string of the molecule is CCOC(CCC=CCCCCCCCCCCCCCBr)OC(CCC=CCCCCCCCCCCCCCBr)OCC. The minimum atomic E-state index is -0.191. The van der Waals surface area contributed by atoms with E-state index in [1.54, 1.807) is 0 Å². The Hall–Kier alpha value is 0.320. The number of ether oxygens (including phenoxy) is 3. The minimum absolute atomic E-state index is 0.191. The standard InChI is InChI=1S/C40H76Br2O3/c1-3-43-39(35-31-27-23-19-15-11-7-5-9-13-17-21-25-29-33-37-41)45-40(44-4-2)36-32-28-24-20-16-12-8-6-10-14-18-22-26-30-34-38-42/h23-24,27-28,39-40H,3-22,25-26,29-38H2,1-2H3. The Kier molecular flexibility index (Phi) is 40.8. The second kappa shape index (κ2) is 40.5. The van der Waals surface area contributed by atoms with E-state index in [-0.39, 0.29) is 12.6 Å². The second-order valence-corrected chi connectivity index (χ2v) is 14.3. The quantitative estimate of drug-likeness (QED) is 0.0271. The molecule has 0 bridgehead atoms. The highest BCUT2D eigenvalue weighted by molar-refractivity contribution is 9.09. The molecule has 2 unspecified atom stereocenters. The highest BCUT2D eigenvalue weighted by atomic mass is 79.9. The molecule has 0 rings (SSSR count). The average Bonchev–Trinajstić information content (AvgIpc) is 3.04. The molecule has 0 fully saturated rings. The van der Waals surface area contributed by atoms with Gasteiger partial charge in [-0.05, 0) is 65.2 Å². The molecule has 0 aromatic heterocycles. The van der Waals surface area contributed by atoms with Gasteiger partial charge in [-0.2, -0.15) is 0 Å². The maximum absolute atomic E-state index is 6.26. The molecule has 0 aliphatic carbocycles. The Morgan fingerprint density at radius 2 is 0.644 bits per heavy atom.